The lowest BCUT2D eigenvalue weighted by Crippen LogP contribution is -1.96. The summed E-state index contributed by atoms with van der Waals surface area (Å²) in [4.78, 5) is 3.03. The second-order valence-corrected chi connectivity index (χ2v) is 4.17. The monoisotopic (exact) mass is 263 g/mol. The lowest BCUT2D eigenvalue weighted by Gasteiger charge is -2.01. The Labute approximate surface area is 116 Å². The molecule has 1 aromatic carbocycles. The van der Waals surface area contributed by atoms with E-state index in [0.717, 1.165) is 17.0 Å². The fourth-order valence-corrected chi connectivity index (χ4v) is 1.75. The third-order valence-electron chi connectivity index (χ3n) is 2.74. The molecule has 20 heavy (non-hydrogen) atoms. The van der Waals surface area contributed by atoms with Crippen molar-refractivity contribution in [2.24, 2.45) is 5.10 Å². The summed E-state index contributed by atoms with van der Waals surface area (Å²) in [6.45, 7) is 0. The number of anilines is 1. The van der Waals surface area contributed by atoms with Crippen molar-refractivity contribution >= 4 is 12.0 Å². The first-order chi connectivity index (χ1) is 9.92. The van der Waals surface area contributed by atoms with Gasteiger partial charge in [0.05, 0.1) is 17.6 Å². The highest BCUT2D eigenvalue weighted by Crippen LogP contribution is 2.16. The number of aromatic nitrogens is 3. The molecule has 0 aliphatic carbocycles. The van der Waals surface area contributed by atoms with E-state index in [1.165, 1.54) is 0 Å². The molecule has 3 aromatic rings. The molecule has 0 aliphatic rings. The second-order valence-electron chi connectivity index (χ2n) is 4.17. The molecule has 0 saturated carbocycles. The molecule has 0 spiro atoms. The van der Waals surface area contributed by atoms with Gasteiger partial charge in [0.15, 0.2) is 5.82 Å². The van der Waals surface area contributed by atoms with Gasteiger partial charge in [-0.05, 0) is 24.3 Å². The zero-order valence-electron chi connectivity index (χ0n) is 10.7. The molecule has 0 atom stereocenters. The Morgan fingerprint density at radius 2 is 1.85 bits per heavy atom. The third-order valence-corrected chi connectivity index (χ3v) is 2.74. The van der Waals surface area contributed by atoms with Gasteiger partial charge >= 0.3 is 0 Å². The van der Waals surface area contributed by atoms with Crippen LogP contribution in [0.5, 0.6) is 0 Å². The van der Waals surface area contributed by atoms with Gasteiger partial charge in [-0.1, -0.05) is 30.3 Å². The first kappa shape index (κ1) is 12.1. The number of hydrazone groups is 1. The molecule has 0 aliphatic heterocycles. The quantitative estimate of drug-likeness (QED) is 0.562. The normalized spacial score (nSPS) is 10.8. The van der Waals surface area contributed by atoms with Crippen LogP contribution in [-0.4, -0.2) is 21.4 Å². The molecule has 0 bridgehead atoms. The molecule has 0 unspecified atom stereocenters. The van der Waals surface area contributed by atoms with E-state index < -0.39 is 0 Å². The van der Waals surface area contributed by atoms with Crippen LogP contribution in [0.15, 0.2) is 65.9 Å². The van der Waals surface area contributed by atoms with Gasteiger partial charge in [0.25, 0.3) is 0 Å². The van der Waals surface area contributed by atoms with Crippen molar-refractivity contribution in [2.45, 2.75) is 0 Å². The number of rotatable bonds is 4. The van der Waals surface area contributed by atoms with E-state index in [1.54, 1.807) is 6.21 Å². The highest BCUT2D eigenvalue weighted by molar-refractivity contribution is 5.77. The minimum atomic E-state index is 0.604. The summed E-state index contributed by atoms with van der Waals surface area (Å²) in [7, 11) is 0. The molecule has 2 aromatic heterocycles. The maximum atomic E-state index is 4.17. The minimum Gasteiger partial charge on any atom is -0.360 e. The molecule has 0 fully saturated rings. The number of benzene rings is 1. The largest absolute Gasteiger partial charge is 0.360 e. The first-order valence-corrected chi connectivity index (χ1v) is 6.23. The SMILES string of the molecule is C(=NNc1ccc(-c2ccccc2)nn1)c1ccc[nH]1. The fourth-order valence-electron chi connectivity index (χ4n) is 1.75. The summed E-state index contributed by atoms with van der Waals surface area (Å²) in [6, 6.07) is 17.5. The van der Waals surface area contributed by atoms with Crippen LogP contribution < -0.4 is 5.43 Å². The van der Waals surface area contributed by atoms with E-state index in [-0.39, 0.29) is 0 Å². The van der Waals surface area contributed by atoms with Crippen LogP contribution in [0.1, 0.15) is 5.69 Å². The van der Waals surface area contributed by atoms with Gasteiger partial charge in [0, 0.05) is 11.8 Å². The van der Waals surface area contributed by atoms with Gasteiger partial charge in [-0.25, -0.2) is 0 Å². The predicted octanol–water partition coefficient (Wildman–Crippen LogP) is 2.92. The van der Waals surface area contributed by atoms with Gasteiger partial charge in [-0.3, -0.25) is 5.43 Å². The van der Waals surface area contributed by atoms with Crippen molar-refractivity contribution in [3.63, 3.8) is 0 Å². The van der Waals surface area contributed by atoms with Crippen LogP contribution in [0.3, 0.4) is 0 Å². The Morgan fingerprint density at radius 3 is 2.55 bits per heavy atom. The van der Waals surface area contributed by atoms with Gasteiger partial charge in [-0.15, -0.1) is 10.2 Å². The van der Waals surface area contributed by atoms with Crippen molar-refractivity contribution in [2.75, 3.05) is 5.43 Å². The zero-order valence-corrected chi connectivity index (χ0v) is 10.7. The lowest BCUT2D eigenvalue weighted by molar-refractivity contribution is 1.03. The zero-order chi connectivity index (χ0) is 13.6. The highest BCUT2D eigenvalue weighted by atomic mass is 15.3. The number of nitrogens with zero attached hydrogens (tertiary/aromatic N) is 3. The van der Waals surface area contributed by atoms with Crippen LogP contribution >= 0.6 is 0 Å². The Balaban J connectivity index is 1.67. The molecule has 0 radical (unpaired) electrons. The molecule has 5 heteroatoms. The van der Waals surface area contributed by atoms with Crippen molar-refractivity contribution in [1.29, 1.82) is 0 Å². The summed E-state index contributed by atoms with van der Waals surface area (Å²) in [5.74, 6) is 0.604. The number of nitrogens with one attached hydrogen (secondary N) is 2. The van der Waals surface area contributed by atoms with E-state index in [2.05, 4.69) is 25.7 Å². The van der Waals surface area contributed by atoms with Crippen LogP contribution in [0.4, 0.5) is 5.82 Å². The third kappa shape index (κ3) is 2.89. The molecule has 2 heterocycles. The summed E-state index contributed by atoms with van der Waals surface area (Å²) in [6.07, 6.45) is 3.53. The average Bonchev–Trinajstić information content (AvgIpc) is 3.02. The van der Waals surface area contributed by atoms with Crippen LogP contribution in [0, 0.1) is 0 Å². The van der Waals surface area contributed by atoms with E-state index in [0.29, 0.717) is 5.82 Å². The van der Waals surface area contributed by atoms with Gasteiger partial charge in [-0.2, -0.15) is 5.10 Å². The number of hydrogen-bond donors (Lipinski definition) is 2. The molecule has 0 amide bonds. The fraction of sp³-hybridized carbons (Fsp3) is 0. The van der Waals surface area contributed by atoms with Crippen molar-refractivity contribution in [3.05, 3.63) is 66.5 Å². The lowest BCUT2D eigenvalue weighted by atomic mass is 10.1. The van der Waals surface area contributed by atoms with Gasteiger partial charge in [0.1, 0.15) is 0 Å². The highest BCUT2D eigenvalue weighted by Gasteiger charge is 1.99. The maximum Gasteiger partial charge on any atom is 0.168 e. The Hall–Kier alpha value is -2.95. The molecule has 0 saturated heterocycles. The summed E-state index contributed by atoms with van der Waals surface area (Å²) in [5.41, 5.74) is 5.64. The summed E-state index contributed by atoms with van der Waals surface area (Å²) < 4.78 is 0. The Bertz CT molecular complexity index is 672. The molecule has 98 valence electrons. The first-order valence-electron chi connectivity index (χ1n) is 6.23. The Morgan fingerprint density at radius 1 is 0.950 bits per heavy atom. The second kappa shape index (κ2) is 5.79. The molecule has 5 nitrogen and oxygen atoms in total. The van der Waals surface area contributed by atoms with Crippen molar-refractivity contribution in [3.8, 4) is 11.3 Å². The van der Waals surface area contributed by atoms with Crippen LogP contribution in [0.25, 0.3) is 11.3 Å². The van der Waals surface area contributed by atoms with Gasteiger partial charge < -0.3 is 4.98 Å². The minimum absolute atomic E-state index is 0.604. The van der Waals surface area contributed by atoms with Crippen LogP contribution in [0.2, 0.25) is 0 Å². The number of H-pyrrole nitrogens is 1. The van der Waals surface area contributed by atoms with Gasteiger partial charge in [0.2, 0.25) is 0 Å². The standard InChI is InChI=1S/C15H13N5/c1-2-5-12(6-3-1)14-8-9-15(20-18-14)19-17-11-13-7-4-10-16-13/h1-11,16H,(H,19,20). The summed E-state index contributed by atoms with van der Waals surface area (Å²) in [5, 5.41) is 12.3. The molecule has 3 rings (SSSR count). The van der Waals surface area contributed by atoms with Crippen molar-refractivity contribution in [1.82, 2.24) is 15.2 Å². The molecular formula is C15H13N5. The Kier molecular flexibility index (Phi) is 3.51. The summed E-state index contributed by atoms with van der Waals surface area (Å²) >= 11 is 0. The van der Waals surface area contributed by atoms with E-state index >= 15 is 0 Å². The van der Waals surface area contributed by atoms with Crippen molar-refractivity contribution < 1.29 is 0 Å². The van der Waals surface area contributed by atoms with Crippen LogP contribution in [-0.2, 0) is 0 Å². The predicted molar refractivity (Wildman–Crippen MR) is 79.5 cm³/mol. The number of aromatic amines is 1. The average molecular weight is 263 g/mol. The number of hydrogen-bond acceptors (Lipinski definition) is 4. The van der Waals surface area contributed by atoms with E-state index in [1.807, 2.05) is 60.8 Å². The van der Waals surface area contributed by atoms with E-state index in [4.69, 9.17) is 0 Å². The smallest absolute Gasteiger partial charge is 0.168 e. The molecular weight excluding hydrogens is 250 g/mol. The van der Waals surface area contributed by atoms with E-state index in [9.17, 15) is 0 Å². The topological polar surface area (TPSA) is 66.0 Å². The molecule has 2 N–H and O–H groups in total. The maximum absolute atomic E-state index is 4.17.